The second-order valence-electron chi connectivity index (χ2n) is 6.55. The Labute approximate surface area is 175 Å². The number of carbonyl (C=O) groups excluding carboxylic acids is 2. The maximum Gasteiger partial charge on any atom is 0.338 e. The Balaban J connectivity index is 1.50. The standard InChI is InChI=1S/C24H23NO5/c1-17(18-7-4-3-5-8-18)30-24(27)19-11-13-21(14-12-19)29-16-23(26)25-20-9-6-10-22(15-20)28-2/h3-15,17H,16H2,1-2H3,(H,25,26). The molecule has 3 rings (SSSR count). The van der Waals surface area contributed by atoms with Crippen LogP contribution in [-0.4, -0.2) is 25.6 Å². The fourth-order valence-electron chi connectivity index (χ4n) is 2.75. The smallest absolute Gasteiger partial charge is 0.338 e. The SMILES string of the molecule is COc1cccc(NC(=O)COc2ccc(C(=O)OC(C)c3ccccc3)cc2)c1. The molecular formula is C24H23NO5. The van der Waals surface area contributed by atoms with Gasteiger partial charge in [0.15, 0.2) is 6.61 Å². The van der Waals surface area contributed by atoms with E-state index in [1.54, 1.807) is 55.6 Å². The van der Waals surface area contributed by atoms with Crippen LogP contribution in [-0.2, 0) is 9.53 Å². The zero-order valence-corrected chi connectivity index (χ0v) is 16.8. The van der Waals surface area contributed by atoms with Crippen LogP contribution in [0.3, 0.4) is 0 Å². The molecule has 0 aliphatic heterocycles. The van der Waals surface area contributed by atoms with Crippen molar-refractivity contribution in [2.75, 3.05) is 19.0 Å². The van der Waals surface area contributed by atoms with E-state index in [1.807, 2.05) is 37.3 Å². The number of esters is 1. The number of ether oxygens (including phenoxy) is 3. The summed E-state index contributed by atoms with van der Waals surface area (Å²) in [4.78, 5) is 24.4. The van der Waals surface area contributed by atoms with Crippen molar-refractivity contribution in [3.8, 4) is 11.5 Å². The summed E-state index contributed by atoms with van der Waals surface area (Å²) in [7, 11) is 1.56. The van der Waals surface area contributed by atoms with Gasteiger partial charge < -0.3 is 19.5 Å². The predicted molar refractivity (Wildman–Crippen MR) is 114 cm³/mol. The van der Waals surface area contributed by atoms with E-state index in [4.69, 9.17) is 14.2 Å². The van der Waals surface area contributed by atoms with Gasteiger partial charge in [-0.15, -0.1) is 0 Å². The molecule has 0 saturated heterocycles. The van der Waals surface area contributed by atoms with E-state index in [1.165, 1.54) is 0 Å². The third kappa shape index (κ3) is 5.85. The molecule has 0 fully saturated rings. The van der Waals surface area contributed by atoms with E-state index in [0.717, 1.165) is 5.56 Å². The van der Waals surface area contributed by atoms with Crippen molar-refractivity contribution < 1.29 is 23.8 Å². The Morgan fingerprint density at radius 3 is 2.33 bits per heavy atom. The molecule has 0 spiro atoms. The fourth-order valence-corrected chi connectivity index (χ4v) is 2.75. The summed E-state index contributed by atoms with van der Waals surface area (Å²) in [5.41, 5.74) is 1.95. The molecule has 0 bridgehead atoms. The molecule has 1 atom stereocenters. The number of nitrogens with one attached hydrogen (secondary N) is 1. The molecule has 0 saturated carbocycles. The van der Waals surface area contributed by atoms with Crippen LogP contribution in [0.5, 0.6) is 11.5 Å². The van der Waals surface area contributed by atoms with Gasteiger partial charge in [0.2, 0.25) is 0 Å². The number of hydrogen-bond acceptors (Lipinski definition) is 5. The Morgan fingerprint density at radius 1 is 0.900 bits per heavy atom. The van der Waals surface area contributed by atoms with E-state index in [-0.39, 0.29) is 18.6 Å². The van der Waals surface area contributed by atoms with Crippen molar-refractivity contribution in [3.05, 3.63) is 90.0 Å². The second-order valence-corrected chi connectivity index (χ2v) is 6.55. The van der Waals surface area contributed by atoms with Crippen LogP contribution in [0.25, 0.3) is 0 Å². The minimum absolute atomic E-state index is 0.161. The Kier molecular flexibility index (Phi) is 7.05. The zero-order chi connectivity index (χ0) is 21.3. The minimum atomic E-state index is -0.423. The highest BCUT2D eigenvalue weighted by Gasteiger charge is 2.14. The van der Waals surface area contributed by atoms with Crippen molar-refractivity contribution >= 4 is 17.6 Å². The summed E-state index contributed by atoms with van der Waals surface area (Å²) in [6, 6.07) is 23.0. The van der Waals surface area contributed by atoms with E-state index in [0.29, 0.717) is 22.7 Å². The fraction of sp³-hybridized carbons (Fsp3) is 0.167. The van der Waals surface area contributed by atoms with Gasteiger partial charge in [0, 0.05) is 11.8 Å². The van der Waals surface area contributed by atoms with E-state index >= 15 is 0 Å². The first-order chi connectivity index (χ1) is 14.5. The van der Waals surface area contributed by atoms with E-state index < -0.39 is 5.97 Å². The lowest BCUT2D eigenvalue weighted by molar-refractivity contribution is -0.118. The highest BCUT2D eigenvalue weighted by atomic mass is 16.5. The van der Waals surface area contributed by atoms with Crippen molar-refractivity contribution in [1.82, 2.24) is 0 Å². The van der Waals surface area contributed by atoms with Crippen LogP contribution in [0.15, 0.2) is 78.9 Å². The molecule has 1 N–H and O–H groups in total. The number of methoxy groups -OCH3 is 1. The Hall–Kier alpha value is -3.80. The van der Waals surface area contributed by atoms with Gasteiger partial charge in [-0.1, -0.05) is 36.4 Å². The number of hydrogen-bond donors (Lipinski definition) is 1. The van der Waals surface area contributed by atoms with Crippen LogP contribution in [0, 0.1) is 0 Å². The lowest BCUT2D eigenvalue weighted by Crippen LogP contribution is -2.20. The van der Waals surface area contributed by atoms with Gasteiger partial charge in [-0.2, -0.15) is 0 Å². The van der Waals surface area contributed by atoms with Crippen LogP contribution >= 0.6 is 0 Å². The van der Waals surface area contributed by atoms with E-state index in [2.05, 4.69) is 5.32 Å². The molecule has 0 aromatic heterocycles. The molecule has 0 aliphatic rings. The van der Waals surface area contributed by atoms with Gasteiger partial charge in [-0.05, 0) is 48.9 Å². The van der Waals surface area contributed by atoms with Crippen LogP contribution in [0.4, 0.5) is 5.69 Å². The third-order valence-electron chi connectivity index (χ3n) is 4.37. The molecule has 3 aromatic rings. The second kappa shape index (κ2) is 10.1. The number of benzene rings is 3. The molecular weight excluding hydrogens is 382 g/mol. The molecule has 1 amide bonds. The van der Waals surface area contributed by atoms with Gasteiger partial charge in [0.05, 0.1) is 12.7 Å². The number of rotatable bonds is 8. The lowest BCUT2D eigenvalue weighted by Gasteiger charge is -2.14. The summed E-state index contributed by atoms with van der Waals surface area (Å²) in [5.74, 6) is 0.401. The molecule has 30 heavy (non-hydrogen) atoms. The van der Waals surface area contributed by atoms with Crippen LogP contribution in [0.2, 0.25) is 0 Å². The molecule has 0 radical (unpaired) electrons. The predicted octanol–water partition coefficient (Wildman–Crippen LogP) is 4.63. The molecule has 3 aromatic carbocycles. The lowest BCUT2D eigenvalue weighted by atomic mass is 10.1. The molecule has 6 heteroatoms. The number of amides is 1. The zero-order valence-electron chi connectivity index (χ0n) is 16.8. The molecule has 154 valence electrons. The van der Waals surface area contributed by atoms with Gasteiger partial charge in [-0.25, -0.2) is 4.79 Å². The summed E-state index contributed by atoms with van der Waals surface area (Å²) < 4.78 is 16.1. The third-order valence-corrected chi connectivity index (χ3v) is 4.37. The van der Waals surface area contributed by atoms with Crippen molar-refractivity contribution in [2.45, 2.75) is 13.0 Å². The van der Waals surface area contributed by atoms with Crippen molar-refractivity contribution in [2.24, 2.45) is 0 Å². The molecule has 1 unspecified atom stereocenters. The van der Waals surface area contributed by atoms with Crippen LogP contribution < -0.4 is 14.8 Å². The van der Waals surface area contributed by atoms with Gasteiger partial charge in [0.25, 0.3) is 5.91 Å². The van der Waals surface area contributed by atoms with Gasteiger partial charge in [-0.3, -0.25) is 4.79 Å². The number of carbonyl (C=O) groups is 2. The summed E-state index contributed by atoms with van der Waals surface area (Å²) in [6.07, 6.45) is -0.352. The highest BCUT2D eigenvalue weighted by Crippen LogP contribution is 2.20. The van der Waals surface area contributed by atoms with Crippen molar-refractivity contribution in [3.63, 3.8) is 0 Å². The minimum Gasteiger partial charge on any atom is -0.497 e. The van der Waals surface area contributed by atoms with Crippen LogP contribution in [0.1, 0.15) is 28.9 Å². The Morgan fingerprint density at radius 2 is 1.63 bits per heavy atom. The van der Waals surface area contributed by atoms with Crippen molar-refractivity contribution in [1.29, 1.82) is 0 Å². The maximum atomic E-state index is 12.3. The van der Waals surface area contributed by atoms with Gasteiger partial charge >= 0.3 is 5.97 Å². The molecule has 6 nitrogen and oxygen atoms in total. The summed E-state index contributed by atoms with van der Waals surface area (Å²) >= 11 is 0. The quantitative estimate of drug-likeness (QED) is 0.553. The highest BCUT2D eigenvalue weighted by molar-refractivity contribution is 5.92. The number of anilines is 1. The molecule has 0 heterocycles. The first kappa shape index (κ1) is 20.9. The summed E-state index contributed by atoms with van der Waals surface area (Å²) in [6.45, 7) is 1.66. The van der Waals surface area contributed by atoms with Gasteiger partial charge in [0.1, 0.15) is 17.6 Å². The monoisotopic (exact) mass is 405 g/mol. The topological polar surface area (TPSA) is 73.9 Å². The average Bonchev–Trinajstić information content (AvgIpc) is 2.78. The maximum absolute atomic E-state index is 12.3. The largest absolute Gasteiger partial charge is 0.497 e. The summed E-state index contributed by atoms with van der Waals surface area (Å²) in [5, 5.41) is 2.74. The van der Waals surface area contributed by atoms with E-state index in [9.17, 15) is 9.59 Å². The first-order valence-corrected chi connectivity index (χ1v) is 9.48. The normalized spacial score (nSPS) is 11.3. The molecule has 0 aliphatic carbocycles. The first-order valence-electron chi connectivity index (χ1n) is 9.48. The Bertz CT molecular complexity index is 986. The average molecular weight is 405 g/mol.